The van der Waals surface area contributed by atoms with E-state index in [9.17, 15) is 13.2 Å². The first-order valence-corrected chi connectivity index (χ1v) is 9.57. The summed E-state index contributed by atoms with van der Waals surface area (Å²) in [6, 6.07) is 11.8. The molecule has 0 radical (unpaired) electrons. The van der Waals surface area contributed by atoms with Gasteiger partial charge in [0.15, 0.2) is 0 Å². The van der Waals surface area contributed by atoms with Gasteiger partial charge in [0, 0.05) is 5.69 Å². The number of carbonyl (C=O) groups is 1. The van der Waals surface area contributed by atoms with Gasteiger partial charge in [-0.25, -0.2) is 8.42 Å². The monoisotopic (exact) mass is 386 g/mol. The van der Waals surface area contributed by atoms with Crippen LogP contribution in [0.2, 0.25) is 10.0 Å². The van der Waals surface area contributed by atoms with Crippen LogP contribution < -0.4 is 9.62 Å². The summed E-state index contributed by atoms with van der Waals surface area (Å²) in [5.74, 6) is -0.500. The highest BCUT2D eigenvalue weighted by atomic mass is 35.5. The fourth-order valence-electron chi connectivity index (χ4n) is 2.06. The molecular formula is C16H16Cl2N2O3S. The average Bonchev–Trinajstić information content (AvgIpc) is 2.47. The van der Waals surface area contributed by atoms with Gasteiger partial charge in [-0.2, -0.15) is 0 Å². The standard InChI is InChI=1S/C16H16Cl2N2O3S/c1-11-6-8-12(9-7-11)19-15(21)10-20(24(2,22)23)16-13(17)4-3-5-14(16)18/h3-9H,10H2,1-2H3,(H,19,21). The zero-order chi connectivity index (χ0) is 17.9. The smallest absolute Gasteiger partial charge is 0.245 e. The van der Waals surface area contributed by atoms with Gasteiger partial charge in [-0.1, -0.05) is 47.0 Å². The molecule has 0 aliphatic carbocycles. The van der Waals surface area contributed by atoms with Crippen molar-refractivity contribution in [3.05, 3.63) is 58.1 Å². The SMILES string of the molecule is Cc1ccc(NC(=O)CN(c2c(Cl)cccc2Cl)S(C)(=O)=O)cc1. The molecule has 1 amide bonds. The van der Waals surface area contributed by atoms with Gasteiger partial charge < -0.3 is 5.32 Å². The van der Waals surface area contributed by atoms with E-state index in [-0.39, 0.29) is 15.7 Å². The second-order valence-corrected chi connectivity index (χ2v) is 7.98. The topological polar surface area (TPSA) is 66.5 Å². The molecule has 8 heteroatoms. The van der Waals surface area contributed by atoms with Crippen molar-refractivity contribution >= 4 is 50.5 Å². The molecule has 0 aliphatic rings. The Morgan fingerprint density at radius 3 is 2.12 bits per heavy atom. The molecule has 0 aromatic heterocycles. The van der Waals surface area contributed by atoms with Crippen molar-refractivity contribution in [2.45, 2.75) is 6.92 Å². The lowest BCUT2D eigenvalue weighted by Gasteiger charge is -2.23. The Morgan fingerprint density at radius 2 is 1.62 bits per heavy atom. The lowest BCUT2D eigenvalue weighted by atomic mass is 10.2. The van der Waals surface area contributed by atoms with Crippen molar-refractivity contribution in [3.8, 4) is 0 Å². The van der Waals surface area contributed by atoms with Crippen LogP contribution in [0.5, 0.6) is 0 Å². The van der Waals surface area contributed by atoms with Gasteiger partial charge >= 0.3 is 0 Å². The predicted molar refractivity (Wildman–Crippen MR) is 98.5 cm³/mol. The summed E-state index contributed by atoms with van der Waals surface area (Å²) in [4.78, 5) is 12.2. The molecule has 128 valence electrons. The molecular weight excluding hydrogens is 371 g/mol. The summed E-state index contributed by atoms with van der Waals surface area (Å²) in [7, 11) is -3.75. The zero-order valence-corrected chi connectivity index (χ0v) is 15.4. The van der Waals surface area contributed by atoms with Gasteiger partial charge in [-0.3, -0.25) is 9.10 Å². The minimum atomic E-state index is -3.75. The molecule has 0 saturated heterocycles. The van der Waals surface area contributed by atoms with Gasteiger partial charge in [0.1, 0.15) is 6.54 Å². The maximum absolute atomic E-state index is 12.2. The first kappa shape index (κ1) is 18.6. The number of para-hydroxylation sites is 1. The third-order valence-electron chi connectivity index (χ3n) is 3.21. The molecule has 2 rings (SSSR count). The van der Waals surface area contributed by atoms with Gasteiger partial charge in [-0.15, -0.1) is 0 Å². The molecule has 0 spiro atoms. The fraction of sp³-hybridized carbons (Fsp3) is 0.188. The summed E-state index contributed by atoms with van der Waals surface area (Å²) < 4.78 is 25.1. The Balaban J connectivity index is 2.27. The van der Waals surface area contributed by atoms with E-state index in [1.165, 1.54) is 12.1 Å². The Morgan fingerprint density at radius 1 is 1.08 bits per heavy atom. The number of nitrogens with one attached hydrogen (secondary N) is 1. The zero-order valence-electron chi connectivity index (χ0n) is 13.1. The largest absolute Gasteiger partial charge is 0.325 e. The maximum atomic E-state index is 12.2. The molecule has 5 nitrogen and oxygen atoms in total. The second-order valence-electron chi connectivity index (χ2n) is 5.25. The summed E-state index contributed by atoms with van der Waals surface area (Å²) in [5.41, 5.74) is 1.71. The minimum Gasteiger partial charge on any atom is -0.325 e. The highest BCUT2D eigenvalue weighted by Crippen LogP contribution is 2.34. The summed E-state index contributed by atoms with van der Waals surface area (Å²) in [6.45, 7) is 1.49. The Labute approximate surface area is 151 Å². The van der Waals surface area contributed by atoms with Crippen molar-refractivity contribution < 1.29 is 13.2 Å². The number of carbonyl (C=O) groups excluding carboxylic acids is 1. The highest BCUT2D eigenvalue weighted by Gasteiger charge is 2.25. The first-order valence-electron chi connectivity index (χ1n) is 6.97. The van der Waals surface area contributed by atoms with Crippen molar-refractivity contribution in [1.29, 1.82) is 0 Å². The number of rotatable bonds is 5. The number of aryl methyl sites for hydroxylation is 1. The van der Waals surface area contributed by atoms with Gasteiger partial charge in [0.05, 0.1) is 22.0 Å². The lowest BCUT2D eigenvalue weighted by Crippen LogP contribution is -2.37. The second kappa shape index (κ2) is 7.42. The van der Waals surface area contributed by atoms with E-state index in [0.717, 1.165) is 16.1 Å². The third-order valence-corrected chi connectivity index (χ3v) is 4.93. The first-order chi connectivity index (χ1) is 11.2. The normalized spacial score (nSPS) is 11.2. The quantitative estimate of drug-likeness (QED) is 0.851. The average molecular weight is 387 g/mol. The van der Waals surface area contributed by atoms with E-state index in [4.69, 9.17) is 23.2 Å². The van der Waals surface area contributed by atoms with E-state index in [1.807, 2.05) is 19.1 Å². The Bertz CT molecular complexity index is 832. The number of amides is 1. The molecule has 0 unspecified atom stereocenters. The molecule has 1 N–H and O–H groups in total. The van der Waals surface area contributed by atoms with Crippen LogP contribution in [-0.2, 0) is 14.8 Å². The molecule has 2 aromatic rings. The summed E-state index contributed by atoms with van der Waals surface area (Å²) in [5, 5.41) is 2.95. The fourth-order valence-corrected chi connectivity index (χ4v) is 3.64. The van der Waals surface area contributed by atoms with Crippen LogP contribution in [0.25, 0.3) is 0 Å². The van der Waals surface area contributed by atoms with Crippen molar-refractivity contribution in [1.82, 2.24) is 0 Å². The van der Waals surface area contributed by atoms with Crippen molar-refractivity contribution in [3.63, 3.8) is 0 Å². The number of sulfonamides is 1. The summed E-state index contributed by atoms with van der Waals surface area (Å²) in [6.07, 6.45) is 0.992. The molecule has 0 aliphatic heterocycles. The predicted octanol–water partition coefficient (Wildman–Crippen LogP) is 3.71. The number of halogens is 2. The maximum Gasteiger partial charge on any atom is 0.245 e. The summed E-state index contributed by atoms with van der Waals surface area (Å²) >= 11 is 12.1. The number of anilines is 2. The molecule has 0 fully saturated rings. The number of nitrogens with zero attached hydrogens (tertiary/aromatic N) is 1. The third kappa shape index (κ3) is 4.63. The lowest BCUT2D eigenvalue weighted by molar-refractivity contribution is -0.114. The molecule has 0 saturated carbocycles. The number of benzene rings is 2. The molecule has 0 heterocycles. The van der Waals surface area contributed by atoms with Crippen LogP contribution in [0.4, 0.5) is 11.4 Å². The Kier molecular flexibility index (Phi) is 5.74. The number of hydrogen-bond acceptors (Lipinski definition) is 3. The molecule has 24 heavy (non-hydrogen) atoms. The van der Waals surface area contributed by atoms with Crippen LogP contribution in [0.1, 0.15) is 5.56 Å². The van der Waals surface area contributed by atoms with E-state index in [0.29, 0.717) is 5.69 Å². The van der Waals surface area contributed by atoms with E-state index < -0.39 is 22.5 Å². The van der Waals surface area contributed by atoms with E-state index in [1.54, 1.807) is 18.2 Å². The van der Waals surface area contributed by atoms with Gasteiger partial charge in [0.2, 0.25) is 15.9 Å². The van der Waals surface area contributed by atoms with E-state index >= 15 is 0 Å². The van der Waals surface area contributed by atoms with Crippen LogP contribution in [0, 0.1) is 6.92 Å². The number of hydrogen-bond donors (Lipinski definition) is 1. The van der Waals surface area contributed by atoms with Gasteiger partial charge in [0.25, 0.3) is 0 Å². The van der Waals surface area contributed by atoms with Crippen LogP contribution in [0.15, 0.2) is 42.5 Å². The van der Waals surface area contributed by atoms with Gasteiger partial charge in [-0.05, 0) is 31.2 Å². The molecule has 0 bridgehead atoms. The molecule has 2 aromatic carbocycles. The minimum absolute atomic E-state index is 0.0855. The highest BCUT2D eigenvalue weighted by molar-refractivity contribution is 7.92. The van der Waals surface area contributed by atoms with Crippen molar-refractivity contribution in [2.75, 3.05) is 22.4 Å². The van der Waals surface area contributed by atoms with Crippen molar-refractivity contribution in [2.24, 2.45) is 0 Å². The Hall–Kier alpha value is -1.76. The van der Waals surface area contributed by atoms with Crippen LogP contribution in [0.3, 0.4) is 0 Å². The van der Waals surface area contributed by atoms with Crippen LogP contribution >= 0.6 is 23.2 Å². The molecule has 0 atom stereocenters. The van der Waals surface area contributed by atoms with E-state index in [2.05, 4.69) is 5.32 Å². The van der Waals surface area contributed by atoms with Crippen LogP contribution in [-0.4, -0.2) is 27.1 Å².